The molecule has 1 atom stereocenters. The molecule has 1 rings (SSSR count). The minimum atomic E-state index is -0.558. The molecule has 1 N–H and O–H groups in total. The Morgan fingerprint density at radius 1 is 1.60 bits per heavy atom. The van der Waals surface area contributed by atoms with Crippen molar-refractivity contribution >= 4 is 37.8 Å². The van der Waals surface area contributed by atoms with Gasteiger partial charge >= 0.3 is 5.97 Å². The van der Waals surface area contributed by atoms with Gasteiger partial charge in [-0.05, 0) is 45.0 Å². The SMILES string of the molecule is CNC(C(=O)OC)c1ncc(Br)cc1Br. The van der Waals surface area contributed by atoms with Crippen LogP contribution in [0.3, 0.4) is 0 Å². The molecule has 0 aromatic carbocycles. The molecule has 0 bridgehead atoms. The van der Waals surface area contributed by atoms with Crippen LogP contribution >= 0.6 is 31.9 Å². The van der Waals surface area contributed by atoms with E-state index in [2.05, 4.69) is 46.9 Å². The van der Waals surface area contributed by atoms with E-state index in [0.29, 0.717) is 5.69 Å². The van der Waals surface area contributed by atoms with Crippen molar-refractivity contribution in [1.29, 1.82) is 0 Å². The van der Waals surface area contributed by atoms with Crippen LogP contribution in [0.1, 0.15) is 11.7 Å². The fourth-order valence-corrected chi connectivity index (χ4v) is 2.34. The van der Waals surface area contributed by atoms with Crippen LogP contribution in [0.5, 0.6) is 0 Å². The van der Waals surface area contributed by atoms with Gasteiger partial charge in [0, 0.05) is 15.1 Å². The zero-order valence-corrected chi connectivity index (χ0v) is 11.4. The number of esters is 1. The third-order valence-electron chi connectivity index (χ3n) is 1.84. The number of carbonyl (C=O) groups excluding carboxylic acids is 1. The number of nitrogens with one attached hydrogen (secondary N) is 1. The zero-order valence-electron chi connectivity index (χ0n) is 8.25. The number of methoxy groups -OCH3 is 1. The van der Waals surface area contributed by atoms with Gasteiger partial charge in [-0.2, -0.15) is 0 Å². The summed E-state index contributed by atoms with van der Waals surface area (Å²) in [6, 6.07) is 1.27. The Morgan fingerprint density at radius 2 is 2.27 bits per heavy atom. The van der Waals surface area contributed by atoms with Crippen molar-refractivity contribution in [2.75, 3.05) is 14.2 Å². The summed E-state index contributed by atoms with van der Waals surface area (Å²) in [5, 5.41) is 2.85. The first kappa shape index (κ1) is 12.6. The zero-order chi connectivity index (χ0) is 11.4. The minimum Gasteiger partial charge on any atom is -0.468 e. The van der Waals surface area contributed by atoms with Crippen molar-refractivity contribution in [3.8, 4) is 0 Å². The van der Waals surface area contributed by atoms with Crippen molar-refractivity contribution < 1.29 is 9.53 Å². The summed E-state index contributed by atoms with van der Waals surface area (Å²) in [6.07, 6.45) is 1.63. The van der Waals surface area contributed by atoms with Gasteiger partial charge in [0.1, 0.15) is 6.04 Å². The van der Waals surface area contributed by atoms with Crippen LogP contribution in [-0.2, 0) is 9.53 Å². The Balaban J connectivity index is 3.07. The Labute approximate surface area is 105 Å². The Hall–Kier alpha value is -0.460. The lowest BCUT2D eigenvalue weighted by Gasteiger charge is -2.14. The van der Waals surface area contributed by atoms with Crippen LogP contribution in [0.2, 0.25) is 0 Å². The number of ether oxygens (including phenoxy) is 1. The van der Waals surface area contributed by atoms with Crippen LogP contribution in [0.25, 0.3) is 0 Å². The first-order chi connectivity index (χ1) is 7.10. The van der Waals surface area contributed by atoms with Gasteiger partial charge in [0.15, 0.2) is 0 Å². The summed E-state index contributed by atoms with van der Waals surface area (Å²) in [7, 11) is 3.02. The summed E-state index contributed by atoms with van der Waals surface area (Å²) in [6.45, 7) is 0. The third-order valence-corrected chi connectivity index (χ3v) is 2.90. The fourth-order valence-electron chi connectivity index (χ4n) is 1.12. The lowest BCUT2D eigenvalue weighted by molar-refractivity contribution is -0.143. The molecule has 0 saturated carbocycles. The fraction of sp³-hybridized carbons (Fsp3) is 0.333. The maximum atomic E-state index is 11.4. The van der Waals surface area contributed by atoms with Crippen LogP contribution in [0.4, 0.5) is 0 Å². The first-order valence-electron chi connectivity index (χ1n) is 4.16. The molecule has 1 aromatic rings. The summed E-state index contributed by atoms with van der Waals surface area (Å²) in [4.78, 5) is 15.6. The highest BCUT2D eigenvalue weighted by Gasteiger charge is 2.23. The van der Waals surface area contributed by atoms with Gasteiger partial charge < -0.3 is 10.1 Å². The summed E-state index contributed by atoms with van der Waals surface area (Å²) in [5.74, 6) is -0.368. The van der Waals surface area contributed by atoms with Gasteiger partial charge in [0.25, 0.3) is 0 Å². The van der Waals surface area contributed by atoms with E-state index in [-0.39, 0.29) is 5.97 Å². The average Bonchev–Trinajstić information content (AvgIpc) is 2.21. The largest absolute Gasteiger partial charge is 0.468 e. The van der Waals surface area contributed by atoms with E-state index in [1.165, 1.54) is 7.11 Å². The smallest absolute Gasteiger partial charge is 0.329 e. The summed E-state index contributed by atoms with van der Waals surface area (Å²) >= 11 is 6.64. The molecular formula is C9H10Br2N2O2. The quantitative estimate of drug-likeness (QED) is 0.857. The Bertz CT molecular complexity index is 371. The van der Waals surface area contributed by atoms with E-state index in [4.69, 9.17) is 0 Å². The molecule has 0 aliphatic rings. The van der Waals surface area contributed by atoms with Crippen LogP contribution < -0.4 is 5.32 Å². The second kappa shape index (κ2) is 5.58. The molecule has 0 aliphatic heterocycles. The molecule has 0 saturated heterocycles. The van der Waals surface area contributed by atoms with Crippen molar-refractivity contribution in [2.24, 2.45) is 0 Å². The highest BCUT2D eigenvalue weighted by Crippen LogP contribution is 2.24. The molecule has 1 unspecified atom stereocenters. The van der Waals surface area contributed by atoms with Gasteiger partial charge in [0.05, 0.1) is 12.8 Å². The molecule has 0 spiro atoms. The predicted molar refractivity (Wildman–Crippen MR) is 63.5 cm³/mol. The topological polar surface area (TPSA) is 51.2 Å². The molecule has 0 fully saturated rings. The molecule has 0 radical (unpaired) electrons. The first-order valence-corrected chi connectivity index (χ1v) is 5.74. The number of carbonyl (C=O) groups is 1. The van der Waals surface area contributed by atoms with Gasteiger partial charge in [-0.3, -0.25) is 4.98 Å². The van der Waals surface area contributed by atoms with Crippen LogP contribution in [-0.4, -0.2) is 25.1 Å². The van der Waals surface area contributed by atoms with Crippen molar-refractivity contribution in [1.82, 2.24) is 10.3 Å². The molecule has 15 heavy (non-hydrogen) atoms. The summed E-state index contributed by atoms with van der Waals surface area (Å²) in [5.41, 5.74) is 0.604. The third kappa shape index (κ3) is 2.99. The van der Waals surface area contributed by atoms with E-state index < -0.39 is 6.04 Å². The van der Waals surface area contributed by atoms with Gasteiger partial charge in [-0.25, -0.2) is 4.79 Å². The second-order valence-corrected chi connectivity index (χ2v) is 4.54. The van der Waals surface area contributed by atoms with Crippen LogP contribution in [0, 0.1) is 0 Å². The van der Waals surface area contributed by atoms with E-state index >= 15 is 0 Å². The summed E-state index contributed by atoms with van der Waals surface area (Å²) < 4.78 is 6.27. The molecule has 82 valence electrons. The van der Waals surface area contributed by atoms with Gasteiger partial charge in [-0.15, -0.1) is 0 Å². The monoisotopic (exact) mass is 336 g/mol. The number of pyridine rings is 1. The standard InChI is InChI=1S/C9H10Br2N2O2/c1-12-8(9(14)15-2)7-6(11)3-5(10)4-13-7/h3-4,8,12H,1-2H3. The maximum Gasteiger partial charge on any atom is 0.329 e. The number of aromatic nitrogens is 1. The second-order valence-electron chi connectivity index (χ2n) is 2.77. The minimum absolute atomic E-state index is 0.368. The highest BCUT2D eigenvalue weighted by molar-refractivity contribution is 9.11. The average molecular weight is 338 g/mol. The molecule has 4 nitrogen and oxygen atoms in total. The van der Waals surface area contributed by atoms with E-state index in [0.717, 1.165) is 8.95 Å². The number of rotatable bonds is 3. The molecule has 1 aromatic heterocycles. The number of hydrogen-bond donors (Lipinski definition) is 1. The van der Waals surface area contributed by atoms with Gasteiger partial charge in [-0.1, -0.05) is 0 Å². The van der Waals surface area contributed by atoms with Crippen molar-refractivity contribution in [3.63, 3.8) is 0 Å². The Kier molecular flexibility index (Phi) is 4.69. The molecule has 0 amide bonds. The number of likely N-dealkylation sites (N-methyl/N-ethyl adjacent to an activating group) is 1. The number of halogens is 2. The van der Waals surface area contributed by atoms with E-state index in [1.807, 2.05) is 6.07 Å². The Morgan fingerprint density at radius 3 is 2.73 bits per heavy atom. The van der Waals surface area contributed by atoms with Crippen molar-refractivity contribution in [2.45, 2.75) is 6.04 Å². The van der Waals surface area contributed by atoms with Crippen molar-refractivity contribution in [3.05, 3.63) is 26.9 Å². The number of nitrogens with zero attached hydrogens (tertiary/aromatic N) is 1. The molecule has 0 aliphatic carbocycles. The van der Waals surface area contributed by atoms with E-state index in [1.54, 1.807) is 13.2 Å². The predicted octanol–water partition coefficient (Wildman–Crippen LogP) is 2.04. The lowest BCUT2D eigenvalue weighted by atomic mass is 10.2. The van der Waals surface area contributed by atoms with E-state index in [9.17, 15) is 4.79 Å². The lowest BCUT2D eigenvalue weighted by Crippen LogP contribution is -2.27. The molecule has 6 heteroatoms. The van der Waals surface area contributed by atoms with Gasteiger partial charge in [0.2, 0.25) is 0 Å². The normalized spacial score (nSPS) is 12.3. The molecule has 1 heterocycles. The molecular weight excluding hydrogens is 328 g/mol. The maximum absolute atomic E-state index is 11.4. The van der Waals surface area contributed by atoms with Crippen LogP contribution in [0.15, 0.2) is 21.2 Å². The number of hydrogen-bond acceptors (Lipinski definition) is 4. The highest BCUT2D eigenvalue weighted by atomic mass is 79.9.